The lowest BCUT2D eigenvalue weighted by molar-refractivity contribution is -0.905. The molecule has 2 nitrogen and oxygen atoms in total. The average Bonchev–Trinajstić information content (AvgIpc) is 2.00. The van der Waals surface area contributed by atoms with Crippen LogP contribution in [0.4, 0.5) is 0 Å². The second kappa shape index (κ2) is 5.07. The van der Waals surface area contributed by atoms with E-state index >= 15 is 0 Å². The van der Waals surface area contributed by atoms with Crippen LogP contribution in [0.25, 0.3) is 0 Å². The number of likely N-dealkylation sites (N-methyl/N-ethyl adjacent to an activating group) is 1. The summed E-state index contributed by atoms with van der Waals surface area (Å²) in [6.07, 6.45) is 3.04. The molecule has 1 saturated carbocycles. The lowest BCUT2D eigenvalue weighted by Crippen LogP contribution is -2.60. The first kappa shape index (κ1) is 16.0. The molecule has 16 heavy (non-hydrogen) atoms. The molecule has 3 atom stereocenters. The maximum atomic E-state index is 10.4. The fourth-order valence-electron chi connectivity index (χ4n) is 2.87. The quantitative estimate of drug-likeness (QED) is 0.589. The van der Waals surface area contributed by atoms with Crippen LogP contribution in [0.1, 0.15) is 33.1 Å². The summed E-state index contributed by atoms with van der Waals surface area (Å²) in [5.74, 6) is 0.590. The van der Waals surface area contributed by atoms with Gasteiger partial charge in [0.25, 0.3) is 0 Å². The number of aliphatic hydroxyl groups is 1. The molecule has 3 unspecified atom stereocenters. The van der Waals surface area contributed by atoms with Crippen molar-refractivity contribution in [3.8, 4) is 0 Å². The summed E-state index contributed by atoms with van der Waals surface area (Å²) in [7, 11) is 6.50. The molecule has 0 aliphatic heterocycles. The molecule has 1 rings (SSSR count). The second-order valence-electron chi connectivity index (χ2n) is 6.31. The molecule has 0 aromatic heterocycles. The second-order valence-corrected chi connectivity index (χ2v) is 6.31. The number of rotatable bonds is 2. The molecule has 0 aromatic carbocycles. The fraction of sp³-hybridized carbons (Fsp3) is 0.846. The van der Waals surface area contributed by atoms with Crippen molar-refractivity contribution >= 4 is 12.4 Å². The van der Waals surface area contributed by atoms with Gasteiger partial charge in [0.15, 0.2) is 0 Å². The van der Waals surface area contributed by atoms with Crippen molar-refractivity contribution in [2.24, 2.45) is 5.92 Å². The minimum atomic E-state index is -0.524. The zero-order valence-electron chi connectivity index (χ0n) is 11.3. The Morgan fingerprint density at radius 2 is 1.88 bits per heavy atom. The van der Waals surface area contributed by atoms with E-state index in [1.165, 1.54) is 5.57 Å². The third kappa shape index (κ3) is 3.47. The summed E-state index contributed by atoms with van der Waals surface area (Å²) in [5, 5.41) is 10.4. The van der Waals surface area contributed by atoms with E-state index in [2.05, 4.69) is 34.6 Å². The van der Waals surface area contributed by atoms with Crippen molar-refractivity contribution in [2.45, 2.75) is 44.8 Å². The van der Waals surface area contributed by atoms with Crippen molar-refractivity contribution in [1.82, 2.24) is 0 Å². The predicted octanol–water partition coefficient (Wildman–Crippen LogP) is 2.61. The highest BCUT2D eigenvalue weighted by Crippen LogP contribution is 2.38. The molecule has 0 saturated heterocycles. The van der Waals surface area contributed by atoms with Crippen LogP contribution in [0, 0.1) is 5.92 Å². The number of halogens is 1. The van der Waals surface area contributed by atoms with Gasteiger partial charge in [-0.25, -0.2) is 0 Å². The molecule has 1 aliphatic carbocycles. The van der Waals surface area contributed by atoms with Gasteiger partial charge in [-0.1, -0.05) is 12.2 Å². The molecule has 1 N–H and O–H groups in total. The Bertz CT molecular complexity index is 255. The van der Waals surface area contributed by atoms with Gasteiger partial charge in [0, 0.05) is 6.42 Å². The largest absolute Gasteiger partial charge is 0.384 e. The maximum absolute atomic E-state index is 10.4. The van der Waals surface area contributed by atoms with E-state index in [0.717, 1.165) is 23.7 Å². The number of allylic oxidation sites excluding steroid dienone is 1. The summed E-state index contributed by atoms with van der Waals surface area (Å²) in [5.41, 5.74) is 0.744. The Hall–Kier alpha value is -0.0500. The average molecular weight is 249 g/mol. The van der Waals surface area contributed by atoms with Gasteiger partial charge in [-0.15, -0.1) is 12.4 Å². The zero-order chi connectivity index (χ0) is 11.9. The summed E-state index contributed by atoms with van der Waals surface area (Å²) in [6, 6.07) is 0.313. The molecule has 0 bridgehead atoms. The van der Waals surface area contributed by atoms with E-state index in [1.54, 1.807) is 0 Å². The van der Waals surface area contributed by atoms with E-state index in [1.807, 2.05) is 6.92 Å². The van der Waals surface area contributed by atoms with Crippen LogP contribution >= 0.6 is 12.4 Å². The highest BCUT2D eigenvalue weighted by atomic mass is 35.5. The Balaban J connectivity index is 0.00000225. The van der Waals surface area contributed by atoms with Gasteiger partial charge in [0.1, 0.15) is 11.6 Å². The van der Waals surface area contributed by atoms with Gasteiger partial charge in [-0.05, 0) is 32.6 Å². The molecule has 0 aromatic rings. The number of hydrogen-bond acceptors (Lipinski definition) is 1. The highest BCUT2D eigenvalue weighted by molar-refractivity contribution is 5.85. The SMILES string of the molecule is C=C(C)C1CCC(C)(O)C([N+](C)(C)C)C1.Cl. The van der Waals surface area contributed by atoms with Crippen molar-refractivity contribution in [2.75, 3.05) is 21.1 Å². The Morgan fingerprint density at radius 1 is 1.38 bits per heavy atom. The van der Waals surface area contributed by atoms with Gasteiger partial charge in [0.2, 0.25) is 0 Å². The fourth-order valence-corrected chi connectivity index (χ4v) is 2.87. The van der Waals surface area contributed by atoms with Crippen LogP contribution in [0.15, 0.2) is 12.2 Å². The predicted molar refractivity (Wildman–Crippen MR) is 71.8 cm³/mol. The summed E-state index contributed by atoms with van der Waals surface area (Å²) in [6.45, 7) is 8.14. The lowest BCUT2D eigenvalue weighted by atomic mass is 9.73. The molecular weight excluding hydrogens is 222 g/mol. The minimum absolute atomic E-state index is 0. The number of nitrogens with zero attached hydrogens (tertiary/aromatic N) is 1. The first-order chi connectivity index (χ1) is 6.64. The van der Waals surface area contributed by atoms with Crippen molar-refractivity contribution in [3.05, 3.63) is 12.2 Å². The summed E-state index contributed by atoms with van der Waals surface area (Å²) < 4.78 is 0.830. The molecule has 0 radical (unpaired) electrons. The molecule has 0 heterocycles. The third-order valence-electron chi connectivity index (χ3n) is 3.86. The van der Waals surface area contributed by atoms with Crippen molar-refractivity contribution < 1.29 is 9.59 Å². The van der Waals surface area contributed by atoms with Crippen LogP contribution in [-0.4, -0.2) is 42.4 Å². The molecule has 0 spiro atoms. The first-order valence-corrected chi connectivity index (χ1v) is 5.83. The van der Waals surface area contributed by atoms with E-state index in [4.69, 9.17) is 0 Å². The van der Waals surface area contributed by atoms with Crippen molar-refractivity contribution in [1.29, 1.82) is 0 Å². The summed E-state index contributed by atoms with van der Waals surface area (Å²) in [4.78, 5) is 0. The normalized spacial score (nSPS) is 35.4. The van der Waals surface area contributed by atoms with Gasteiger partial charge in [-0.2, -0.15) is 0 Å². The lowest BCUT2D eigenvalue weighted by Gasteiger charge is -2.47. The third-order valence-corrected chi connectivity index (χ3v) is 3.86. The van der Waals surface area contributed by atoms with E-state index in [-0.39, 0.29) is 12.4 Å². The van der Waals surface area contributed by atoms with Crippen LogP contribution in [0.5, 0.6) is 0 Å². The molecule has 0 amide bonds. The van der Waals surface area contributed by atoms with Crippen LogP contribution in [0.2, 0.25) is 0 Å². The maximum Gasteiger partial charge on any atom is 0.118 e. The standard InChI is InChI=1S/C13H26NO.ClH/c1-10(2)11-7-8-13(3,15)12(9-11)14(4,5)6;/h11-12,15H,1,7-9H2,2-6H3;1H/q+1;. The molecule has 3 heteroatoms. The minimum Gasteiger partial charge on any atom is -0.384 e. The van der Waals surface area contributed by atoms with Crippen molar-refractivity contribution in [3.63, 3.8) is 0 Å². The Kier molecular flexibility index (Phi) is 5.06. The van der Waals surface area contributed by atoms with Crippen LogP contribution < -0.4 is 0 Å². The Labute approximate surface area is 106 Å². The van der Waals surface area contributed by atoms with Gasteiger partial charge in [0.05, 0.1) is 21.1 Å². The topological polar surface area (TPSA) is 20.2 Å². The molecule has 1 fully saturated rings. The molecule has 1 aliphatic rings. The zero-order valence-corrected chi connectivity index (χ0v) is 12.1. The number of hydrogen-bond donors (Lipinski definition) is 1. The van der Waals surface area contributed by atoms with Gasteiger partial charge in [-0.3, -0.25) is 0 Å². The highest BCUT2D eigenvalue weighted by Gasteiger charge is 2.45. The summed E-state index contributed by atoms with van der Waals surface area (Å²) >= 11 is 0. The molecular formula is C13H27ClNO+. The van der Waals surface area contributed by atoms with E-state index in [9.17, 15) is 5.11 Å². The van der Waals surface area contributed by atoms with Gasteiger partial charge >= 0.3 is 0 Å². The first-order valence-electron chi connectivity index (χ1n) is 5.83. The molecule has 96 valence electrons. The number of quaternary nitrogens is 1. The Morgan fingerprint density at radius 3 is 2.25 bits per heavy atom. The van der Waals surface area contributed by atoms with E-state index in [0.29, 0.717) is 12.0 Å². The van der Waals surface area contributed by atoms with Gasteiger partial charge < -0.3 is 9.59 Å². The monoisotopic (exact) mass is 248 g/mol. The van der Waals surface area contributed by atoms with Crippen LogP contribution in [-0.2, 0) is 0 Å². The van der Waals surface area contributed by atoms with Crippen LogP contribution in [0.3, 0.4) is 0 Å². The van der Waals surface area contributed by atoms with E-state index < -0.39 is 5.60 Å². The smallest absolute Gasteiger partial charge is 0.118 e.